The monoisotopic (exact) mass is 325 g/mol. The van der Waals surface area contributed by atoms with Crippen molar-refractivity contribution in [2.24, 2.45) is 0 Å². The lowest BCUT2D eigenvalue weighted by molar-refractivity contribution is 0.889. The molecule has 0 aliphatic carbocycles. The number of halogens is 1. The van der Waals surface area contributed by atoms with Gasteiger partial charge < -0.3 is 10.6 Å². The first-order valence-corrected chi connectivity index (χ1v) is 7.73. The van der Waals surface area contributed by atoms with Crippen LogP contribution in [0, 0.1) is 6.92 Å². The Labute approximate surface area is 132 Å². The molecule has 0 saturated heterocycles. The molecule has 112 valence electrons. The van der Waals surface area contributed by atoms with Crippen molar-refractivity contribution < 1.29 is 0 Å². The van der Waals surface area contributed by atoms with Gasteiger partial charge in [0.25, 0.3) is 0 Å². The zero-order valence-electron chi connectivity index (χ0n) is 12.0. The summed E-state index contributed by atoms with van der Waals surface area (Å²) in [5.41, 5.74) is 0.797. The predicted octanol–water partition coefficient (Wildman–Crippen LogP) is 2.64. The number of rotatable bonds is 6. The van der Waals surface area contributed by atoms with Crippen molar-refractivity contribution in [1.29, 1.82) is 0 Å². The highest BCUT2D eigenvalue weighted by Crippen LogP contribution is 2.25. The molecule has 2 rings (SSSR count). The number of nitrogens with zero attached hydrogens (tertiary/aromatic N) is 5. The standard InChI is InChI=1S/C12H16ClN7S/c1-4-14-10-18-11(15-5-2)20-12(19-10)21-8-6-7(3)16-9(13)17-8/h6H,4-5H2,1-3H3,(H2,14,15,18,19,20). The molecule has 0 saturated carbocycles. The van der Waals surface area contributed by atoms with Gasteiger partial charge >= 0.3 is 0 Å². The highest BCUT2D eigenvalue weighted by Gasteiger charge is 2.09. The van der Waals surface area contributed by atoms with Gasteiger partial charge in [-0.05, 0) is 50.2 Å². The highest BCUT2D eigenvalue weighted by atomic mass is 35.5. The van der Waals surface area contributed by atoms with E-state index in [-0.39, 0.29) is 5.28 Å². The van der Waals surface area contributed by atoms with E-state index in [0.717, 1.165) is 18.8 Å². The van der Waals surface area contributed by atoms with Crippen molar-refractivity contribution >= 4 is 35.3 Å². The summed E-state index contributed by atoms with van der Waals surface area (Å²) in [6.45, 7) is 7.30. The molecule has 0 bridgehead atoms. The summed E-state index contributed by atoms with van der Waals surface area (Å²) in [6.07, 6.45) is 0. The van der Waals surface area contributed by atoms with Crippen LogP contribution in [0.15, 0.2) is 16.2 Å². The minimum absolute atomic E-state index is 0.213. The van der Waals surface area contributed by atoms with Crippen molar-refractivity contribution in [3.63, 3.8) is 0 Å². The van der Waals surface area contributed by atoms with Crippen LogP contribution in [-0.4, -0.2) is 38.0 Å². The normalized spacial score (nSPS) is 10.5. The van der Waals surface area contributed by atoms with Gasteiger partial charge in [-0.15, -0.1) is 0 Å². The molecule has 0 amide bonds. The van der Waals surface area contributed by atoms with E-state index in [9.17, 15) is 0 Å². The minimum atomic E-state index is 0.213. The third-order valence-corrected chi connectivity index (χ3v) is 3.24. The lowest BCUT2D eigenvalue weighted by Gasteiger charge is -2.08. The zero-order chi connectivity index (χ0) is 15.2. The van der Waals surface area contributed by atoms with Crippen molar-refractivity contribution in [2.75, 3.05) is 23.7 Å². The van der Waals surface area contributed by atoms with Crippen LogP contribution in [0.5, 0.6) is 0 Å². The molecule has 7 nitrogen and oxygen atoms in total. The predicted molar refractivity (Wildman–Crippen MR) is 84.1 cm³/mol. The van der Waals surface area contributed by atoms with Crippen LogP contribution >= 0.6 is 23.4 Å². The quantitative estimate of drug-likeness (QED) is 0.619. The van der Waals surface area contributed by atoms with Crippen molar-refractivity contribution in [1.82, 2.24) is 24.9 Å². The van der Waals surface area contributed by atoms with Crippen molar-refractivity contribution in [3.05, 3.63) is 17.0 Å². The van der Waals surface area contributed by atoms with Crippen molar-refractivity contribution in [2.45, 2.75) is 31.0 Å². The second-order valence-corrected chi connectivity index (χ2v) is 5.37. The maximum atomic E-state index is 5.86. The van der Waals surface area contributed by atoms with E-state index < -0.39 is 0 Å². The number of hydrogen-bond donors (Lipinski definition) is 2. The highest BCUT2D eigenvalue weighted by molar-refractivity contribution is 7.99. The fourth-order valence-electron chi connectivity index (χ4n) is 1.53. The van der Waals surface area contributed by atoms with Crippen LogP contribution in [0.25, 0.3) is 0 Å². The molecular weight excluding hydrogens is 310 g/mol. The third-order valence-electron chi connectivity index (χ3n) is 2.28. The van der Waals surface area contributed by atoms with Gasteiger partial charge in [0.15, 0.2) is 0 Å². The van der Waals surface area contributed by atoms with E-state index in [1.807, 2.05) is 26.8 Å². The van der Waals surface area contributed by atoms with E-state index in [1.165, 1.54) is 11.8 Å². The van der Waals surface area contributed by atoms with E-state index in [1.54, 1.807) is 0 Å². The molecule has 0 spiro atoms. The van der Waals surface area contributed by atoms with E-state index in [4.69, 9.17) is 11.6 Å². The second-order valence-electron chi connectivity index (χ2n) is 4.04. The van der Waals surface area contributed by atoms with Gasteiger partial charge in [0.1, 0.15) is 5.03 Å². The number of anilines is 2. The molecule has 0 aliphatic rings. The number of hydrogen-bond acceptors (Lipinski definition) is 8. The van der Waals surface area contributed by atoms with Gasteiger partial charge in [-0.2, -0.15) is 15.0 Å². The van der Waals surface area contributed by atoms with E-state index in [2.05, 4.69) is 35.6 Å². The third kappa shape index (κ3) is 4.68. The largest absolute Gasteiger partial charge is 0.354 e. The van der Waals surface area contributed by atoms with E-state index in [0.29, 0.717) is 22.1 Å². The number of aryl methyl sites for hydroxylation is 1. The van der Waals surface area contributed by atoms with E-state index >= 15 is 0 Å². The van der Waals surface area contributed by atoms with Crippen LogP contribution in [0.4, 0.5) is 11.9 Å². The fraction of sp³-hybridized carbons (Fsp3) is 0.417. The maximum absolute atomic E-state index is 5.86. The Morgan fingerprint density at radius 2 is 1.62 bits per heavy atom. The zero-order valence-corrected chi connectivity index (χ0v) is 13.6. The van der Waals surface area contributed by atoms with Crippen molar-refractivity contribution in [3.8, 4) is 0 Å². The second kappa shape index (κ2) is 7.37. The summed E-state index contributed by atoms with van der Waals surface area (Å²) >= 11 is 7.18. The number of nitrogens with one attached hydrogen (secondary N) is 2. The molecule has 2 heterocycles. The minimum Gasteiger partial charge on any atom is -0.354 e. The molecule has 0 radical (unpaired) electrons. The first kappa shape index (κ1) is 15.7. The Bertz CT molecular complexity index is 578. The summed E-state index contributed by atoms with van der Waals surface area (Å²) in [5, 5.41) is 7.62. The Balaban J connectivity index is 2.28. The van der Waals surface area contributed by atoms with Crippen LogP contribution in [0.2, 0.25) is 5.28 Å². The summed E-state index contributed by atoms with van der Waals surface area (Å²) in [7, 11) is 0. The smallest absolute Gasteiger partial charge is 0.228 e. The molecule has 2 N–H and O–H groups in total. The Morgan fingerprint density at radius 1 is 1.00 bits per heavy atom. The molecule has 21 heavy (non-hydrogen) atoms. The average Bonchev–Trinajstić information content (AvgIpc) is 2.37. The van der Waals surface area contributed by atoms with Gasteiger partial charge in [0, 0.05) is 18.8 Å². The maximum Gasteiger partial charge on any atom is 0.228 e. The lowest BCUT2D eigenvalue weighted by Crippen LogP contribution is -2.09. The summed E-state index contributed by atoms with van der Waals surface area (Å²) in [4.78, 5) is 21.2. The molecule has 2 aromatic heterocycles. The number of aromatic nitrogens is 5. The molecule has 0 atom stereocenters. The van der Waals surface area contributed by atoms with Gasteiger partial charge in [0.2, 0.25) is 22.3 Å². The molecule has 0 unspecified atom stereocenters. The molecular formula is C12H16ClN7S. The summed E-state index contributed by atoms with van der Waals surface area (Å²) < 4.78 is 0. The molecule has 9 heteroatoms. The first-order valence-electron chi connectivity index (χ1n) is 6.53. The van der Waals surface area contributed by atoms with Crippen LogP contribution < -0.4 is 10.6 Å². The topological polar surface area (TPSA) is 88.5 Å². The molecule has 0 fully saturated rings. The Morgan fingerprint density at radius 3 is 2.14 bits per heavy atom. The van der Waals surface area contributed by atoms with Crippen LogP contribution in [-0.2, 0) is 0 Å². The molecule has 0 aliphatic heterocycles. The van der Waals surface area contributed by atoms with Gasteiger partial charge in [0.05, 0.1) is 0 Å². The fourth-order valence-corrected chi connectivity index (χ4v) is 2.61. The first-order chi connectivity index (χ1) is 10.1. The average molecular weight is 326 g/mol. The lowest BCUT2D eigenvalue weighted by atomic mass is 10.5. The Hall–Kier alpha value is -1.67. The summed E-state index contributed by atoms with van der Waals surface area (Å²) in [5.74, 6) is 1.06. The Kier molecular flexibility index (Phi) is 5.51. The van der Waals surface area contributed by atoms with Crippen LogP contribution in [0.1, 0.15) is 19.5 Å². The van der Waals surface area contributed by atoms with Crippen LogP contribution in [0.3, 0.4) is 0 Å². The molecule has 2 aromatic rings. The summed E-state index contributed by atoms with van der Waals surface area (Å²) in [6, 6.07) is 1.83. The molecule has 0 aromatic carbocycles. The van der Waals surface area contributed by atoms with Gasteiger partial charge in [-0.1, -0.05) is 0 Å². The van der Waals surface area contributed by atoms with Gasteiger partial charge in [-0.25, -0.2) is 9.97 Å². The SMILES string of the molecule is CCNc1nc(NCC)nc(Sc2cc(C)nc(Cl)n2)n1. The van der Waals surface area contributed by atoms with Gasteiger partial charge in [-0.3, -0.25) is 0 Å².